The summed E-state index contributed by atoms with van der Waals surface area (Å²) in [6.07, 6.45) is 3.93. The molecule has 1 spiro atoms. The molecule has 7 nitrogen and oxygen atoms in total. The van der Waals surface area contributed by atoms with Gasteiger partial charge in [0.15, 0.2) is 11.5 Å². The van der Waals surface area contributed by atoms with E-state index in [0.29, 0.717) is 44.5 Å². The lowest BCUT2D eigenvalue weighted by molar-refractivity contribution is -0.223. The number of piperidine rings is 1. The van der Waals surface area contributed by atoms with E-state index in [1.165, 1.54) is 12.5 Å². The maximum absolute atomic E-state index is 14.0. The maximum atomic E-state index is 14.0. The maximum Gasteiger partial charge on any atom is 0.303 e. The molecule has 6 rings (SSSR count). The number of aryl methyl sites for hydroxylation is 2. The van der Waals surface area contributed by atoms with Crippen LogP contribution in [0.4, 0.5) is 0 Å². The Balaban J connectivity index is 1.47. The molecule has 43 heavy (non-hydrogen) atoms. The fraction of sp³-hybridized carbons (Fsp3) is 0.500. The van der Waals surface area contributed by atoms with Gasteiger partial charge in [-0.3, -0.25) is 14.5 Å². The third-order valence-corrected chi connectivity index (χ3v) is 10.2. The first-order valence-corrected chi connectivity index (χ1v) is 15.5. The molecule has 0 radical (unpaired) electrons. The van der Waals surface area contributed by atoms with Gasteiger partial charge in [-0.25, -0.2) is 0 Å². The molecule has 1 amide bonds. The smallest absolute Gasteiger partial charge is 0.303 e. The summed E-state index contributed by atoms with van der Waals surface area (Å²) in [5.74, 6) is 6.24. The summed E-state index contributed by atoms with van der Waals surface area (Å²) in [4.78, 5) is 31.1. The Morgan fingerprint density at radius 1 is 1.23 bits per heavy atom. The molecular formula is C36H42N2O5. The second-order valence-electron chi connectivity index (χ2n) is 13.2. The van der Waals surface area contributed by atoms with Gasteiger partial charge >= 0.3 is 5.97 Å². The Morgan fingerprint density at radius 3 is 2.72 bits per heavy atom. The van der Waals surface area contributed by atoms with E-state index >= 15 is 0 Å². The molecule has 2 heterocycles. The zero-order chi connectivity index (χ0) is 30.7. The highest BCUT2D eigenvalue weighted by atomic mass is 16.6. The van der Waals surface area contributed by atoms with Crippen molar-refractivity contribution in [3.05, 3.63) is 70.8 Å². The number of phenols is 1. The summed E-state index contributed by atoms with van der Waals surface area (Å²) in [5, 5.41) is 11.1. The van der Waals surface area contributed by atoms with Crippen molar-refractivity contribution in [2.75, 3.05) is 19.6 Å². The first-order valence-electron chi connectivity index (χ1n) is 15.5. The van der Waals surface area contributed by atoms with Crippen molar-refractivity contribution in [3.8, 4) is 23.3 Å². The van der Waals surface area contributed by atoms with E-state index in [0.717, 1.165) is 28.8 Å². The lowest BCUT2D eigenvalue weighted by atomic mass is 9.48. The average Bonchev–Trinajstić information content (AvgIpc) is 3.31. The second-order valence-corrected chi connectivity index (χ2v) is 13.2. The third-order valence-electron chi connectivity index (χ3n) is 10.2. The number of carbonyl (C=O) groups is 2. The summed E-state index contributed by atoms with van der Waals surface area (Å²) in [5.41, 5.74) is 3.62. The van der Waals surface area contributed by atoms with E-state index < -0.39 is 17.1 Å². The Labute approximate surface area is 254 Å². The van der Waals surface area contributed by atoms with Crippen LogP contribution in [0.5, 0.6) is 11.5 Å². The molecule has 7 heteroatoms. The largest absolute Gasteiger partial charge is 0.504 e. The molecule has 2 fully saturated rings. The van der Waals surface area contributed by atoms with E-state index in [1.54, 1.807) is 6.07 Å². The van der Waals surface area contributed by atoms with Crippen LogP contribution in [0.3, 0.4) is 0 Å². The number of esters is 1. The molecule has 0 aromatic heterocycles. The minimum Gasteiger partial charge on any atom is -0.504 e. The molecule has 4 aliphatic rings. The number of ether oxygens (including phenoxy) is 2. The van der Waals surface area contributed by atoms with Gasteiger partial charge in [0, 0.05) is 43.6 Å². The van der Waals surface area contributed by atoms with Crippen molar-refractivity contribution in [2.45, 2.75) is 89.5 Å². The van der Waals surface area contributed by atoms with Crippen LogP contribution >= 0.6 is 0 Å². The summed E-state index contributed by atoms with van der Waals surface area (Å²) in [6.45, 7) is 15.7. The Bertz CT molecular complexity index is 1550. The third kappa shape index (κ3) is 4.45. The molecule has 2 bridgehead atoms. The minimum absolute atomic E-state index is 0.0722. The fourth-order valence-electron chi connectivity index (χ4n) is 8.52. The van der Waals surface area contributed by atoms with Crippen LogP contribution in [0.15, 0.2) is 43.0 Å². The van der Waals surface area contributed by atoms with Gasteiger partial charge in [0.2, 0.25) is 0 Å². The van der Waals surface area contributed by atoms with Gasteiger partial charge < -0.3 is 19.5 Å². The molecule has 2 aliphatic carbocycles. The molecule has 226 valence electrons. The van der Waals surface area contributed by atoms with Crippen LogP contribution in [0.25, 0.3) is 0 Å². The van der Waals surface area contributed by atoms with Gasteiger partial charge in [-0.1, -0.05) is 38.0 Å². The highest BCUT2D eigenvalue weighted by Gasteiger charge is 2.75. The Morgan fingerprint density at radius 2 is 2.02 bits per heavy atom. The molecule has 2 aromatic carbocycles. The second kappa shape index (κ2) is 10.7. The summed E-state index contributed by atoms with van der Waals surface area (Å²) in [6, 6.07) is 9.29. The SMILES string of the molecule is C=CCN1CC[C@]23c4c5ccc(O)c4O[C@H]2[C@H](N(CC(C)C)C(=O)C#Cc2ccc(C)c(C)c2)CC[C@@]3(OC(C)=O)[C@H]1C5. The van der Waals surface area contributed by atoms with Crippen molar-refractivity contribution in [1.29, 1.82) is 0 Å². The average molecular weight is 583 g/mol. The first-order chi connectivity index (χ1) is 20.5. The van der Waals surface area contributed by atoms with E-state index in [9.17, 15) is 14.7 Å². The molecule has 1 saturated carbocycles. The monoisotopic (exact) mass is 582 g/mol. The number of nitrogens with zero attached hydrogens (tertiary/aromatic N) is 2. The number of rotatable bonds is 6. The Hall–Kier alpha value is -3.76. The van der Waals surface area contributed by atoms with Crippen LogP contribution in [0.2, 0.25) is 0 Å². The summed E-state index contributed by atoms with van der Waals surface area (Å²) >= 11 is 0. The lowest BCUT2D eigenvalue weighted by Gasteiger charge is -2.65. The summed E-state index contributed by atoms with van der Waals surface area (Å²) in [7, 11) is 0. The highest BCUT2D eigenvalue weighted by molar-refractivity contribution is 5.94. The zero-order valence-electron chi connectivity index (χ0n) is 25.9. The van der Waals surface area contributed by atoms with E-state index in [-0.39, 0.29) is 35.6 Å². The van der Waals surface area contributed by atoms with E-state index in [2.05, 4.69) is 44.1 Å². The minimum atomic E-state index is -0.856. The number of benzene rings is 2. The van der Waals surface area contributed by atoms with Crippen molar-refractivity contribution >= 4 is 11.9 Å². The molecule has 2 aliphatic heterocycles. The molecular weight excluding hydrogens is 540 g/mol. The van der Waals surface area contributed by atoms with Gasteiger partial charge in [-0.2, -0.15) is 0 Å². The quantitative estimate of drug-likeness (QED) is 0.299. The van der Waals surface area contributed by atoms with E-state index in [4.69, 9.17) is 9.47 Å². The number of carbonyl (C=O) groups excluding carboxylic acids is 2. The van der Waals surface area contributed by atoms with Crippen molar-refractivity contribution in [2.24, 2.45) is 5.92 Å². The van der Waals surface area contributed by atoms with Crippen LogP contribution in [-0.4, -0.2) is 70.2 Å². The topological polar surface area (TPSA) is 79.3 Å². The van der Waals surface area contributed by atoms with Gasteiger partial charge in [0.25, 0.3) is 5.91 Å². The number of hydrogen-bond acceptors (Lipinski definition) is 6. The molecule has 0 unspecified atom stereocenters. The fourth-order valence-corrected chi connectivity index (χ4v) is 8.52. The lowest BCUT2D eigenvalue weighted by Crippen LogP contribution is -2.79. The number of amides is 1. The van der Waals surface area contributed by atoms with Crippen molar-refractivity contribution in [3.63, 3.8) is 0 Å². The summed E-state index contributed by atoms with van der Waals surface area (Å²) < 4.78 is 13.3. The predicted octanol–water partition coefficient (Wildman–Crippen LogP) is 4.82. The molecule has 1 N–H and O–H groups in total. The predicted molar refractivity (Wildman–Crippen MR) is 165 cm³/mol. The number of hydrogen-bond donors (Lipinski definition) is 1. The molecule has 1 saturated heterocycles. The van der Waals surface area contributed by atoms with Crippen LogP contribution in [0.1, 0.15) is 67.9 Å². The van der Waals surface area contributed by atoms with Gasteiger partial charge in [0.05, 0.1) is 17.5 Å². The first kappa shape index (κ1) is 29.3. The number of aromatic hydroxyl groups is 1. The zero-order valence-corrected chi connectivity index (χ0v) is 25.9. The van der Waals surface area contributed by atoms with Gasteiger partial charge in [-0.05, 0) is 80.3 Å². The number of likely N-dealkylation sites (tertiary alicyclic amines) is 1. The molecule has 5 atom stereocenters. The standard InChI is InChI=1S/C36H42N2O5/c1-7-17-37-18-16-35-32-27-11-12-29(40)33(32)42-34(35)28(14-15-36(35,30(37)20-27)43-25(6)39)38(21-22(2)3)31(41)13-10-26-9-8-23(4)24(5)19-26/h7-9,11-12,19,22,28,30,34,40H,1,14-18,20-21H2,2-6H3/t28-,30-,34+,35+,36-/m1/s1. The highest BCUT2D eigenvalue weighted by Crippen LogP contribution is 2.67. The van der Waals surface area contributed by atoms with Crippen molar-refractivity contribution in [1.82, 2.24) is 9.80 Å². The normalized spacial score (nSPS) is 28.3. The van der Waals surface area contributed by atoms with Crippen LogP contribution in [-0.2, 0) is 26.2 Å². The van der Waals surface area contributed by atoms with Crippen LogP contribution < -0.4 is 4.74 Å². The molecule has 2 aromatic rings. The van der Waals surface area contributed by atoms with Gasteiger partial charge in [0.1, 0.15) is 11.7 Å². The van der Waals surface area contributed by atoms with Crippen LogP contribution in [0, 0.1) is 31.6 Å². The van der Waals surface area contributed by atoms with E-state index in [1.807, 2.05) is 42.2 Å². The van der Waals surface area contributed by atoms with Crippen molar-refractivity contribution < 1.29 is 24.2 Å². The number of phenolic OH excluding ortho intramolecular Hbond substituents is 1. The Kier molecular flexibility index (Phi) is 7.33. The van der Waals surface area contributed by atoms with Gasteiger partial charge in [-0.15, -0.1) is 6.58 Å².